The van der Waals surface area contributed by atoms with Crippen LogP contribution in [0.25, 0.3) is 0 Å². The third-order valence-electron chi connectivity index (χ3n) is 4.08. The van der Waals surface area contributed by atoms with Gasteiger partial charge in [0.15, 0.2) is 0 Å². The third-order valence-corrected chi connectivity index (χ3v) is 4.08. The number of hydrogen-bond donors (Lipinski definition) is 2. The zero-order chi connectivity index (χ0) is 14.3. The first-order valence-corrected chi connectivity index (χ1v) is 7.65. The molecule has 0 aromatic heterocycles. The normalized spacial score (nSPS) is 24.7. The van der Waals surface area contributed by atoms with Crippen LogP contribution in [-0.2, 0) is 9.53 Å². The predicted octanol–water partition coefficient (Wildman–Crippen LogP) is 1.94. The maximum Gasteiger partial charge on any atom is 0.227 e. The van der Waals surface area contributed by atoms with Crippen LogP contribution in [0.5, 0.6) is 0 Å². The summed E-state index contributed by atoms with van der Waals surface area (Å²) in [7, 11) is 0. The predicted molar refractivity (Wildman–Crippen MR) is 78.1 cm³/mol. The maximum absolute atomic E-state index is 12.6. The molecule has 4 heteroatoms. The van der Waals surface area contributed by atoms with Crippen LogP contribution in [0.1, 0.15) is 47.0 Å². The number of hydrogen-bond acceptors (Lipinski definition) is 3. The van der Waals surface area contributed by atoms with Crippen LogP contribution in [0.4, 0.5) is 0 Å². The number of rotatable bonds is 8. The van der Waals surface area contributed by atoms with Crippen molar-refractivity contribution in [2.24, 2.45) is 11.3 Å². The fourth-order valence-corrected chi connectivity index (χ4v) is 2.71. The van der Waals surface area contributed by atoms with Crippen LogP contribution in [0.15, 0.2) is 0 Å². The molecular weight excluding hydrogens is 240 g/mol. The molecule has 2 N–H and O–H groups in total. The molecule has 2 atom stereocenters. The maximum atomic E-state index is 12.6. The van der Waals surface area contributed by atoms with E-state index in [1.54, 1.807) is 0 Å². The number of carbonyl (C=O) groups is 1. The van der Waals surface area contributed by atoms with E-state index in [1.165, 1.54) is 0 Å². The van der Waals surface area contributed by atoms with E-state index in [0.717, 1.165) is 32.4 Å². The van der Waals surface area contributed by atoms with E-state index in [0.29, 0.717) is 19.1 Å². The summed E-state index contributed by atoms with van der Waals surface area (Å²) in [6.07, 6.45) is 2.96. The lowest BCUT2D eigenvalue weighted by molar-refractivity contribution is -0.132. The van der Waals surface area contributed by atoms with Crippen molar-refractivity contribution in [3.05, 3.63) is 0 Å². The van der Waals surface area contributed by atoms with Gasteiger partial charge in [-0.25, -0.2) is 0 Å². The van der Waals surface area contributed by atoms with Gasteiger partial charge in [-0.1, -0.05) is 27.2 Å². The lowest BCUT2D eigenvalue weighted by Crippen LogP contribution is -2.50. The second-order valence-corrected chi connectivity index (χ2v) is 5.94. The molecule has 0 aliphatic carbocycles. The van der Waals surface area contributed by atoms with Gasteiger partial charge in [0, 0.05) is 13.2 Å². The van der Waals surface area contributed by atoms with Gasteiger partial charge in [-0.05, 0) is 32.2 Å². The minimum absolute atomic E-state index is 0.113. The van der Waals surface area contributed by atoms with Gasteiger partial charge in [0.25, 0.3) is 0 Å². The van der Waals surface area contributed by atoms with Crippen molar-refractivity contribution >= 4 is 5.91 Å². The average molecular weight is 270 g/mol. The van der Waals surface area contributed by atoms with Gasteiger partial charge >= 0.3 is 0 Å². The van der Waals surface area contributed by atoms with Crippen LogP contribution in [0.2, 0.25) is 0 Å². The van der Waals surface area contributed by atoms with Crippen LogP contribution in [0, 0.1) is 11.3 Å². The molecule has 1 fully saturated rings. The van der Waals surface area contributed by atoms with E-state index >= 15 is 0 Å². The monoisotopic (exact) mass is 270 g/mol. The lowest BCUT2D eigenvalue weighted by atomic mass is 9.81. The topological polar surface area (TPSA) is 50.4 Å². The molecule has 0 aromatic carbocycles. The molecule has 19 heavy (non-hydrogen) atoms. The number of ether oxygens (including phenoxy) is 1. The molecule has 0 radical (unpaired) electrons. The summed E-state index contributed by atoms with van der Waals surface area (Å²) < 4.78 is 5.48. The van der Waals surface area contributed by atoms with E-state index in [2.05, 4.69) is 31.4 Å². The van der Waals surface area contributed by atoms with Crippen LogP contribution in [-0.4, -0.2) is 38.3 Å². The summed E-state index contributed by atoms with van der Waals surface area (Å²) in [6, 6.07) is 0.113. The van der Waals surface area contributed by atoms with Crippen molar-refractivity contribution in [1.82, 2.24) is 10.6 Å². The van der Waals surface area contributed by atoms with E-state index in [1.807, 2.05) is 6.92 Å². The van der Waals surface area contributed by atoms with Crippen LogP contribution < -0.4 is 10.6 Å². The van der Waals surface area contributed by atoms with Crippen LogP contribution in [0.3, 0.4) is 0 Å². The fourth-order valence-electron chi connectivity index (χ4n) is 2.71. The Morgan fingerprint density at radius 3 is 2.63 bits per heavy atom. The third kappa shape index (κ3) is 4.46. The van der Waals surface area contributed by atoms with Gasteiger partial charge < -0.3 is 15.4 Å². The highest BCUT2D eigenvalue weighted by Gasteiger charge is 2.41. The molecule has 0 aromatic rings. The number of nitrogens with one attached hydrogen (secondary N) is 2. The SMILES string of the molecule is CCCC1(C(=O)NC(COCC)C(C)C)CCNC1. The van der Waals surface area contributed by atoms with Gasteiger partial charge in [0.05, 0.1) is 18.1 Å². The first kappa shape index (κ1) is 16.4. The Morgan fingerprint density at radius 1 is 1.42 bits per heavy atom. The first-order valence-electron chi connectivity index (χ1n) is 7.65. The molecule has 112 valence electrons. The molecule has 2 unspecified atom stereocenters. The highest BCUT2D eigenvalue weighted by atomic mass is 16.5. The minimum Gasteiger partial charge on any atom is -0.380 e. The summed E-state index contributed by atoms with van der Waals surface area (Å²) in [5.74, 6) is 0.598. The largest absolute Gasteiger partial charge is 0.380 e. The fraction of sp³-hybridized carbons (Fsp3) is 0.933. The Kier molecular flexibility index (Phi) is 6.80. The van der Waals surface area contributed by atoms with Gasteiger partial charge in [0.2, 0.25) is 5.91 Å². The van der Waals surface area contributed by atoms with E-state index in [9.17, 15) is 4.79 Å². The van der Waals surface area contributed by atoms with Gasteiger partial charge in [-0.15, -0.1) is 0 Å². The Bertz CT molecular complexity index is 273. The standard InChI is InChI=1S/C15H30N2O2/c1-5-7-15(8-9-16-11-15)14(18)17-13(12(3)4)10-19-6-2/h12-13,16H,5-11H2,1-4H3,(H,17,18). The average Bonchev–Trinajstić information content (AvgIpc) is 2.84. The molecule has 1 heterocycles. The zero-order valence-electron chi connectivity index (χ0n) is 12.9. The van der Waals surface area contributed by atoms with Gasteiger partial charge in [-0.2, -0.15) is 0 Å². The summed E-state index contributed by atoms with van der Waals surface area (Å²) in [6.45, 7) is 11.5. The summed E-state index contributed by atoms with van der Waals surface area (Å²) in [5.41, 5.74) is -0.200. The molecule has 1 amide bonds. The van der Waals surface area contributed by atoms with E-state index < -0.39 is 0 Å². The van der Waals surface area contributed by atoms with Gasteiger partial charge in [-0.3, -0.25) is 4.79 Å². The minimum atomic E-state index is -0.200. The zero-order valence-corrected chi connectivity index (χ0v) is 12.9. The second kappa shape index (κ2) is 7.85. The van der Waals surface area contributed by atoms with Crippen molar-refractivity contribution in [2.75, 3.05) is 26.3 Å². The highest BCUT2D eigenvalue weighted by Crippen LogP contribution is 2.31. The first-order chi connectivity index (χ1) is 9.05. The molecule has 1 aliphatic heterocycles. The number of amides is 1. The Morgan fingerprint density at radius 2 is 2.16 bits per heavy atom. The van der Waals surface area contributed by atoms with Crippen molar-refractivity contribution in [3.63, 3.8) is 0 Å². The van der Waals surface area contributed by atoms with Crippen molar-refractivity contribution in [1.29, 1.82) is 0 Å². The van der Waals surface area contributed by atoms with Crippen molar-refractivity contribution in [3.8, 4) is 0 Å². The summed E-state index contributed by atoms with van der Waals surface area (Å²) in [4.78, 5) is 12.6. The highest BCUT2D eigenvalue weighted by molar-refractivity contribution is 5.83. The molecule has 4 nitrogen and oxygen atoms in total. The Balaban J connectivity index is 2.63. The second-order valence-electron chi connectivity index (χ2n) is 5.94. The Labute approximate surface area is 117 Å². The Hall–Kier alpha value is -0.610. The van der Waals surface area contributed by atoms with Crippen molar-refractivity contribution in [2.45, 2.75) is 53.0 Å². The molecule has 0 saturated carbocycles. The molecule has 1 rings (SSSR count). The quantitative estimate of drug-likeness (QED) is 0.709. The molecule has 0 spiro atoms. The van der Waals surface area contributed by atoms with Gasteiger partial charge in [0.1, 0.15) is 0 Å². The van der Waals surface area contributed by atoms with Crippen LogP contribution >= 0.6 is 0 Å². The van der Waals surface area contributed by atoms with E-state index in [4.69, 9.17) is 4.74 Å². The van der Waals surface area contributed by atoms with Crippen molar-refractivity contribution < 1.29 is 9.53 Å². The summed E-state index contributed by atoms with van der Waals surface area (Å²) in [5, 5.41) is 6.55. The molecule has 1 aliphatic rings. The molecular formula is C15H30N2O2. The smallest absolute Gasteiger partial charge is 0.227 e. The summed E-state index contributed by atoms with van der Waals surface area (Å²) >= 11 is 0. The lowest BCUT2D eigenvalue weighted by Gasteiger charge is -2.31. The molecule has 0 bridgehead atoms. The molecule has 1 saturated heterocycles. The van der Waals surface area contributed by atoms with E-state index in [-0.39, 0.29) is 17.4 Å². The number of carbonyl (C=O) groups excluding carboxylic acids is 1.